The molecular weight excluding hydrogens is 242 g/mol. The number of rotatable bonds is 2. The predicted octanol–water partition coefficient (Wildman–Crippen LogP) is 1.75. The van der Waals surface area contributed by atoms with Crippen molar-refractivity contribution >= 4 is 5.91 Å². The lowest BCUT2D eigenvalue weighted by Crippen LogP contribution is -2.29. The van der Waals surface area contributed by atoms with E-state index in [0.717, 1.165) is 13.1 Å². The highest BCUT2D eigenvalue weighted by atomic mass is 16.5. The number of carbonyl (C=O) groups is 1. The van der Waals surface area contributed by atoms with Crippen molar-refractivity contribution in [2.45, 2.75) is 25.7 Å². The minimum atomic E-state index is 0.00422. The number of nitrogens with zero attached hydrogens (tertiary/aromatic N) is 3. The van der Waals surface area contributed by atoms with E-state index in [4.69, 9.17) is 4.74 Å². The number of methoxy groups -OCH3 is 1. The maximum absolute atomic E-state index is 12.4. The second kappa shape index (κ2) is 5.15. The summed E-state index contributed by atoms with van der Waals surface area (Å²) in [6, 6.07) is 3.37. The third-order valence-electron chi connectivity index (χ3n) is 4.33. The van der Waals surface area contributed by atoms with E-state index < -0.39 is 0 Å². The number of fused-ring (bicyclic) bond motifs is 1. The van der Waals surface area contributed by atoms with E-state index in [-0.39, 0.29) is 5.91 Å². The Morgan fingerprint density at radius 3 is 2.42 bits per heavy atom. The number of hydrogen-bond donors (Lipinski definition) is 0. The highest BCUT2D eigenvalue weighted by Gasteiger charge is 2.36. The average Bonchev–Trinajstić information content (AvgIpc) is 2.90. The molecule has 1 aliphatic carbocycles. The van der Waals surface area contributed by atoms with Crippen LogP contribution >= 0.6 is 0 Å². The molecule has 0 radical (unpaired) electrons. The smallest absolute Gasteiger partial charge is 0.274 e. The number of ether oxygens (including phenoxy) is 1. The first-order valence-corrected chi connectivity index (χ1v) is 6.95. The normalized spacial score (nSPS) is 26.1. The van der Waals surface area contributed by atoms with Gasteiger partial charge in [0.1, 0.15) is 0 Å². The summed E-state index contributed by atoms with van der Waals surface area (Å²) < 4.78 is 4.95. The molecule has 2 aliphatic rings. The van der Waals surface area contributed by atoms with Gasteiger partial charge in [0.2, 0.25) is 5.88 Å². The van der Waals surface area contributed by atoms with Gasteiger partial charge in [0.05, 0.1) is 7.11 Å². The number of carbonyl (C=O) groups excluding carboxylic acids is 1. The lowest BCUT2D eigenvalue weighted by molar-refractivity contribution is 0.0776. The van der Waals surface area contributed by atoms with Gasteiger partial charge in [-0.1, -0.05) is 12.8 Å². The van der Waals surface area contributed by atoms with Gasteiger partial charge in [-0.25, -0.2) is 0 Å². The molecule has 0 aromatic carbocycles. The average molecular weight is 261 g/mol. The Hall–Kier alpha value is -1.65. The van der Waals surface area contributed by atoms with Gasteiger partial charge in [-0.15, -0.1) is 10.2 Å². The van der Waals surface area contributed by atoms with Gasteiger partial charge in [0, 0.05) is 19.2 Å². The zero-order chi connectivity index (χ0) is 13.2. The summed E-state index contributed by atoms with van der Waals surface area (Å²) in [5, 5.41) is 7.81. The largest absolute Gasteiger partial charge is 0.480 e. The quantitative estimate of drug-likeness (QED) is 0.814. The molecule has 3 rings (SSSR count). The first-order chi connectivity index (χ1) is 9.28. The van der Waals surface area contributed by atoms with E-state index in [2.05, 4.69) is 10.2 Å². The van der Waals surface area contributed by atoms with Gasteiger partial charge in [0.25, 0.3) is 5.91 Å². The number of likely N-dealkylation sites (tertiary alicyclic amines) is 1. The van der Waals surface area contributed by atoms with Gasteiger partial charge in [-0.2, -0.15) is 0 Å². The number of hydrogen-bond acceptors (Lipinski definition) is 4. The molecule has 5 nitrogen and oxygen atoms in total. The van der Waals surface area contributed by atoms with Gasteiger partial charge in [-0.05, 0) is 30.7 Å². The van der Waals surface area contributed by atoms with Crippen LogP contribution in [0.3, 0.4) is 0 Å². The summed E-state index contributed by atoms with van der Waals surface area (Å²) in [6.45, 7) is 1.77. The molecule has 0 bridgehead atoms. The summed E-state index contributed by atoms with van der Waals surface area (Å²) in [7, 11) is 1.54. The molecular formula is C14H19N3O2. The molecule has 2 heterocycles. The monoisotopic (exact) mass is 261 g/mol. The van der Waals surface area contributed by atoms with Gasteiger partial charge in [0.15, 0.2) is 5.69 Å². The van der Waals surface area contributed by atoms with Crippen molar-refractivity contribution in [1.82, 2.24) is 15.1 Å². The van der Waals surface area contributed by atoms with Crippen LogP contribution in [0.25, 0.3) is 0 Å². The summed E-state index contributed by atoms with van der Waals surface area (Å²) in [5.41, 5.74) is 0.416. The van der Waals surface area contributed by atoms with Crippen LogP contribution in [0.5, 0.6) is 5.88 Å². The third kappa shape index (κ3) is 2.41. The minimum Gasteiger partial charge on any atom is -0.480 e. The fourth-order valence-corrected chi connectivity index (χ4v) is 3.28. The Kier molecular flexibility index (Phi) is 3.36. The van der Waals surface area contributed by atoms with Crippen LogP contribution in [0.4, 0.5) is 0 Å². The van der Waals surface area contributed by atoms with Crippen molar-refractivity contribution in [2.75, 3.05) is 20.2 Å². The molecule has 0 N–H and O–H groups in total. The topological polar surface area (TPSA) is 55.3 Å². The molecule has 102 valence electrons. The lowest BCUT2D eigenvalue weighted by Gasteiger charge is -2.22. The van der Waals surface area contributed by atoms with Gasteiger partial charge >= 0.3 is 0 Å². The second-order valence-electron chi connectivity index (χ2n) is 5.48. The van der Waals surface area contributed by atoms with E-state index in [9.17, 15) is 4.79 Å². The fourth-order valence-electron chi connectivity index (χ4n) is 3.28. The SMILES string of the molecule is COc1ccc(C(=O)N2CC3CCCCC3C2)nn1. The molecule has 0 spiro atoms. The van der Waals surface area contributed by atoms with Crippen molar-refractivity contribution < 1.29 is 9.53 Å². The Morgan fingerprint density at radius 2 is 1.89 bits per heavy atom. The summed E-state index contributed by atoms with van der Waals surface area (Å²) >= 11 is 0. The third-order valence-corrected chi connectivity index (χ3v) is 4.33. The standard InChI is InChI=1S/C14H19N3O2/c1-19-13-7-6-12(15-16-13)14(18)17-8-10-4-2-3-5-11(10)9-17/h6-7,10-11H,2-5,8-9H2,1H3. The summed E-state index contributed by atoms with van der Waals surface area (Å²) in [5.74, 6) is 1.84. The number of amides is 1. The first-order valence-electron chi connectivity index (χ1n) is 6.95. The molecule has 1 amide bonds. The first kappa shape index (κ1) is 12.4. The minimum absolute atomic E-state index is 0.00422. The molecule has 1 aromatic heterocycles. The van der Waals surface area contributed by atoms with E-state index in [0.29, 0.717) is 23.4 Å². The Morgan fingerprint density at radius 1 is 1.21 bits per heavy atom. The molecule has 1 saturated heterocycles. The van der Waals surface area contributed by atoms with Crippen molar-refractivity contribution in [2.24, 2.45) is 11.8 Å². The van der Waals surface area contributed by atoms with Crippen LogP contribution in [0, 0.1) is 11.8 Å². The van der Waals surface area contributed by atoms with Crippen LogP contribution in [0.1, 0.15) is 36.2 Å². The second-order valence-corrected chi connectivity index (χ2v) is 5.48. The molecule has 19 heavy (non-hydrogen) atoms. The van der Waals surface area contributed by atoms with Crippen LogP contribution in [-0.2, 0) is 0 Å². The van der Waals surface area contributed by atoms with E-state index in [1.54, 1.807) is 12.1 Å². The van der Waals surface area contributed by atoms with Crippen molar-refractivity contribution in [3.63, 3.8) is 0 Å². The van der Waals surface area contributed by atoms with E-state index in [1.165, 1.54) is 32.8 Å². The summed E-state index contributed by atoms with van der Waals surface area (Å²) in [4.78, 5) is 14.3. The van der Waals surface area contributed by atoms with Crippen LogP contribution in [-0.4, -0.2) is 41.2 Å². The van der Waals surface area contributed by atoms with Crippen molar-refractivity contribution in [3.05, 3.63) is 17.8 Å². The van der Waals surface area contributed by atoms with Crippen molar-refractivity contribution in [3.8, 4) is 5.88 Å². The van der Waals surface area contributed by atoms with Crippen LogP contribution < -0.4 is 4.74 Å². The van der Waals surface area contributed by atoms with Crippen LogP contribution in [0.2, 0.25) is 0 Å². The maximum Gasteiger partial charge on any atom is 0.274 e. The fraction of sp³-hybridized carbons (Fsp3) is 0.643. The van der Waals surface area contributed by atoms with E-state index in [1.807, 2.05) is 4.90 Å². The lowest BCUT2D eigenvalue weighted by atomic mass is 9.82. The molecule has 5 heteroatoms. The zero-order valence-electron chi connectivity index (χ0n) is 11.2. The molecule has 2 fully saturated rings. The van der Waals surface area contributed by atoms with Crippen molar-refractivity contribution in [1.29, 1.82) is 0 Å². The Balaban J connectivity index is 1.70. The Labute approximate surface area is 113 Å². The molecule has 1 aromatic rings. The molecule has 1 saturated carbocycles. The van der Waals surface area contributed by atoms with Crippen LogP contribution in [0.15, 0.2) is 12.1 Å². The zero-order valence-corrected chi connectivity index (χ0v) is 11.2. The Bertz CT molecular complexity index is 446. The maximum atomic E-state index is 12.4. The predicted molar refractivity (Wildman–Crippen MR) is 69.9 cm³/mol. The highest BCUT2D eigenvalue weighted by molar-refractivity contribution is 5.92. The number of aromatic nitrogens is 2. The molecule has 2 unspecified atom stereocenters. The molecule has 2 atom stereocenters. The summed E-state index contributed by atoms with van der Waals surface area (Å²) in [6.07, 6.45) is 5.16. The molecule has 1 aliphatic heterocycles. The van der Waals surface area contributed by atoms with Gasteiger partial charge < -0.3 is 9.64 Å². The highest BCUT2D eigenvalue weighted by Crippen LogP contribution is 2.36. The van der Waals surface area contributed by atoms with Gasteiger partial charge in [-0.3, -0.25) is 4.79 Å². The van der Waals surface area contributed by atoms with E-state index >= 15 is 0 Å².